The molecule has 0 aliphatic heterocycles. The molecule has 1 aliphatic carbocycles. The maximum Gasteiger partial charge on any atom is 0.138 e. The smallest absolute Gasteiger partial charge is 0.138 e. The predicted octanol–water partition coefficient (Wildman–Crippen LogP) is 3.38. The molecular formula is C13H15N3S. The van der Waals surface area contributed by atoms with E-state index in [1.165, 1.54) is 0 Å². The SMILES string of the molecule is CCc1nc(NC2CC=CC2)c2ccsc2n1. The molecule has 0 bridgehead atoms. The van der Waals surface area contributed by atoms with Crippen molar-refractivity contribution in [3.63, 3.8) is 0 Å². The van der Waals surface area contributed by atoms with Crippen LogP contribution in [0.4, 0.5) is 5.82 Å². The highest BCUT2D eigenvalue weighted by molar-refractivity contribution is 7.16. The van der Waals surface area contributed by atoms with Crippen molar-refractivity contribution in [2.24, 2.45) is 0 Å². The first-order valence-corrected chi connectivity index (χ1v) is 6.90. The van der Waals surface area contributed by atoms with Crippen LogP contribution in [0.15, 0.2) is 23.6 Å². The van der Waals surface area contributed by atoms with Gasteiger partial charge in [0.2, 0.25) is 0 Å². The van der Waals surface area contributed by atoms with Crippen LogP contribution in [0.25, 0.3) is 10.2 Å². The fraction of sp³-hybridized carbons (Fsp3) is 0.385. The van der Waals surface area contributed by atoms with Crippen LogP contribution in [0.2, 0.25) is 0 Å². The normalized spacial score (nSPS) is 15.8. The van der Waals surface area contributed by atoms with E-state index in [1.54, 1.807) is 11.3 Å². The Bertz CT molecular complexity index is 551. The van der Waals surface area contributed by atoms with E-state index in [-0.39, 0.29) is 0 Å². The Labute approximate surface area is 105 Å². The Kier molecular flexibility index (Phi) is 2.81. The topological polar surface area (TPSA) is 37.8 Å². The van der Waals surface area contributed by atoms with E-state index >= 15 is 0 Å². The number of thiophene rings is 1. The van der Waals surface area contributed by atoms with Crippen LogP contribution in [0.3, 0.4) is 0 Å². The Morgan fingerprint density at radius 1 is 1.35 bits per heavy atom. The standard InChI is InChI=1S/C13H15N3S/c1-2-11-15-12(14-9-5-3-4-6-9)10-7-8-17-13(10)16-11/h3-4,7-9H,2,5-6H2,1H3,(H,14,15,16). The van der Waals surface area contributed by atoms with Crippen LogP contribution >= 0.6 is 11.3 Å². The number of aromatic nitrogens is 2. The molecule has 2 aromatic heterocycles. The third-order valence-corrected chi connectivity index (χ3v) is 3.84. The van der Waals surface area contributed by atoms with Gasteiger partial charge in [-0.25, -0.2) is 9.97 Å². The zero-order chi connectivity index (χ0) is 11.7. The van der Waals surface area contributed by atoms with E-state index < -0.39 is 0 Å². The molecule has 88 valence electrons. The van der Waals surface area contributed by atoms with Crippen LogP contribution in [0.5, 0.6) is 0 Å². The lowest BCUT2D eigenvalue weighted by Crippen LogP contribution is -2.16. The third-order valence-electron chi connectivity index (χ3n) is 3.04. The molecule has 1 N–H and O–H groups in total. The highest BCUT2D eigenvalue weighted by atomic mass is 32.1. The molecule has 2 heterocycles. The van der Waals surface area contributed by atoms with Gasteiger partial charge in [0.25, 0.3) is 0 Å². The van der Waals surface area contributed by atoms with Crippen molar-refractivity contribution in [3.05, 3.63) is 29.4 Å². The number of hydrogen-bond donors (Lipinski definition) is 1. The zero-order valence-corrected chi connectivity index (χ0v) is 10.6. The van der Waals surface area contributed by atoms with Crippen molar-refractivity contribution < 1.29 is 0 Å². The van der Waals surface area contributed by atoms with Gasteiger partial charge in [0.1, 0.15) is 16.5 Å². The van der Waals surface area contributed by atoms with Gasteiger partial charge in [-0.15, -0.1) is 11.3 Å². The number of fused-ring (bicyclic) bond motifs is 1. The summed E-state index contributed by atoms with van der Waals surface area (Å²) in [7, 11) is 0. The molecule has 0 spiro atoms. The molecule has 0 saturated heterocycles. The van der Waals surface area contributed by atoms with Crippen LogP contribution in [0, 0.1) is 0 Å². The van der Waals surface area contributed by atoms with Gasteiger partial charge >= 0.3 is 0 Å². The number of hydrogen-bond acceptors (Lipinski definition) is 4. The molecule has 0 fully saturated rings. The van der Waals surface area contributed by atoms with Gasteiger partial charge < -0.3 is 5.32 Å². The summed E-state index contributed by atoms with van der Waals surface area (Å²) in [4.78, 5) is 10.2. The lowest BCUT2D eigenvalue weighted by atomic mass is 10.2. The molecule has 2 aromatic rings. The van der Waals surface area contributed by atoms with Crippen LogP contribution in [-0.2, 0) is 6.42 Å². The Morgan fingerprint density at radius 3 is 2.94 bits per heavy atom. The largest absolute Gasteiger partial charge is 0.366 e. The van der Waals surface area contributed by atoms with Crippen molar-refractivity contribution in [1.82, 2.24) is 9.97 Å². The van der Waals surface area contributed by atoms with Gasteiger partial charge in [0.15, 0.2) is 0 Å². The van der Waals surface area contributed by atoms with E-state index in [0.717, 1.165) is 41.1 Å². The first-order valence-electron chi connectivity index (χ1n) is 6.02. The first kappa shape index (κ1) is 10.7. The maximum absolute atomic E-state index is 4.61. The highest BCUT2D eigenvalue weighted by Crippen LogP contribution is 2.27. The van der Waals surface area contributed by atoms with Gasteiger partial charge in [-0.1, -0.05) is 19.1 Å². The average Bonchev–Trinajstić information content (AvgIpc) is 2.98. The third kappa shape index (κ3) is 2.05. The van der Waals surface area contributed by atoms with E-state index in [1.807, 2.05) is 0 Å². The first-order chi connectivity index (χ1) is 8.36. The summed E-state index contributed by atoms with van der Waals surface area (Å²) < 4.78 is 0. The minimum Gasteiger partial charge on any atom is -0.366 e. The molecule has 0 atom stereocenters. The van der Waals surface area contributed by atoms with Crippen molar-refractivity contribution >= 4 is 27.4 Å². The monoisotopic (exact) mass is 245 g/mol. The quantitative estimate of drug-likeness (QED) is 0.842. The summed E-state index contributed by atoms with van der Waals surface area (Å²) >= 11 is 1.68. The van der Waals surface area contributed by atoms with Gasteiger partial charge in [0, 0.05) is 12.5 Å². The maximum atomic E-state index is 4.61. The predicted molar refractivity (Wildman–Crippen MR) is 72.6 cm³/mol. The molecule has 0 radical (unpaired) electrons. The number of aryl methyl sites for hydroxylation is 1. The molecule has 3 rings (SSSR count). The van der Waals surface area contributed by atoms with Crippen LogP contribution < -0.4 is 5.32 Å². The summed E-state index contributed by atoms with van der Waals surface area (Å²) in [6.45, 7) is 2.09. The number of anilines is 1. The molecule has 17 heavy (non-hydrogen) atoms. The van der Waals surface area contributed by atoms with Crippen molar-refractivity contribution in [1.29, 1.82) is 0 Å². The lowest BCUT2D eigenvalue weighted by molar-refractivity contribution is 0.779. The van der Waals surface area contributed by atoms with Gasteiger partial charge in [0.05, 0.1) is 5.39 Å². The second kappa shape index (κ2) is 4.45. The van der Waals surface area contributed by atoms with E-state index in [2.05, 4.69) is 45.8 Å². The molecular weight excluding hydrogens is 230 g/mol. The van der Waals surface area contributed by atoms with Gasteiger partial charge in [-0.2, -0.15) is 0 Å². The molecule has 0 amide bonds. The fourth-order valence-electron chi connectivity index (χ4n) is 2.10. The minimum atomic E-state index is 0.498. The van der Waals surface area contributed by atoms with Gasteiger partial charge in [-0.05, 0) is 24.3 Å². The second-order valence-corrected chi connectivity index (χ2v) is 5.16. The van der Waals surface area contributed by atoms with Crippen molar-refractivity contribution in [2.45, 2.75) is 32.2 Å². The summed E-state index contributed by atoms with van der Waals surface area (Å²) in [6.07, 6.45) is 7.52. The van der Waals surface area contributed by atoms with E-state index in [0.29, 0.717) is 6.04 Å². The summed E-state index contributed by atoms with van der Waals surface area (Å²) in [5.74, 6) is 1.93. The van der Waals surface area contributed by atoms with Gasteiger partial charge in [-0.3, -0.25) is 0 Å². The van der Waals surface area contributed by atoms with Crippen LogP contribution in [0.1, 0.15) is 25.6 Å². The Morgan fingerprint density at radius 2 is 2.18 bits per heavy atom. The second-order valence-electron chi connectivity index (χ2n) is 4.27. The molecule has 3 nitrogen and oxygen atoms in total. The average molecular weight is 245 g/mol. The molecule has 4 heteroatoms. The van der Waals surface area contributed by atoms with Crippen molar-refractivity contribution in [3.8, 4) is 0 Å². The molecule has 1 aliphatic rings. The molecule has 0 saturated carbocycles. The Balaban J connectivity index is 1.97. The number of nitrogens with one attached hydrogen (secondary N) is 1. The Hall–Kier alpha value is -1.42. The van der Waals surface area contributed by atoms with E-state index in [9.17, 15) is 0 Å². The van der Waals surface area contributed by atoms with Crippen molar-refractivity contribution in [2.75, 3.05) is 5.32 Å². The summed E-state index contributed by atoms with van der Waals surface area (Å²) in [5.41, 5.74) is 0. The summed E-state index contributed by atoms with van der Waals surface area (Å²) in [6, 6.07) is 2.60. The van der Waals surface area contributed by atoms with Crippen LogP contribution in [-0.4, -0.2) is 16.0 Å². The molecule has 0 aromatic carbocycles. The highest BCUT2D eigenvalue weighted by Gasteiger charge is 2.14. The minimum absolute atomic E-state index is 0.498. The number of rotatable bonds is 3. The number of nitrogens with zero attached hydrogens (tertiary/aromatic N) is 2. The summed E-state index contributed by atoms with van der Waals surface area (Å²) in [5, 5.41) is 6.77. The lowest BCUT2D eigenvalue weighted by Gasteiger charge is -2.14. The zero-order valence-electron chi connectivity index (χ0n) is 9.81. The fourth-order valence-corrected chi connectivity index (χ4v) is 2.88. The molecule has 0 unspecified atom stereocenters. The van der Waals surface area contributed by atoms with E-state index in [4.69, 9.17) is 0 Å².